The van der Waals surface area contributed by atoms with Gasteiger partial charge in [-0.1, -0.05) is 41.9 Å². The maximum absolute atomic E-state index is 5.71. The second-order valence-corrected chi connectivity index (χ2v) is 4.43. The van der Waals surface area contributed by atoms with E-state index in [2.05, 4.69) is 27.4 Å². The van der Waals surface area contributed by atoms with E-state index in [-0.39, 0.29) is 0 Å². The van der Waals surface area contributed by atoms with Gasteiger partial charge in [0.1, 0.15) is 0 Å². The summed E-state index contributed by atoms with van der Waals surface area (Å²) < 4.78 is 5.44. The molecule has 0 fully saturated rings. The highest BCUT2D eigenvalue weighted by Gasteiger charge is 1.97. The van der Waals surface area contributed by atoms with E-state index in [1.807, 2.05) is 18.2 Å². The molecule has 0 bridgehead atoms. The molecule has 2 rings (SSSR count). The Kier molecular flexibility index (Phi) is 5.59. The molecule has 19 heavy (non-hydrogen) atoms. The Morgan fingerprint density at radius 3 is 2.79 bits per heavy atom. The second kappa shape index (κ2) is 7.71. The van der Waals surface area contributed by atoms with E-state index in [0.717, 1.165) is 19.5 Å². The van der Waals surface area contributed by atoms with Gasteiger partial charge in [0, 0.05) is 6.54 Å². The van der Waals surface area contributed by atoms with Crippen molar-refractivity contribution in [3.8, 4) is 5.88 Å². The van der Waals surface area contributed by atoms with E-state index >= 15 is 0 Å². The summed E-state index contributed by atoms with van der Waals surface area (Å²) in [7, 11) is 0. The van der Waals surface area contributed by atoms with Crippen molar-refractivity contribution < 1.29 is 4.74 Å². The topological polar surface area (TPSA) is 47.0 Å². The molecule has 0 spiro atoms. The van der Waals surface area contributed by atoms with Crippen LogP contribution in [0.4, 0.5) is 0 Å². The zero-order valence-corrected chi connectivity index (χ0v) is 11.3. The largest absolute Gasteiger partial charge is 0.476 e. The van der Waals surface area contributed by atoms with Gasteiger partial charge in [0.15, 0.2) is 5.15 Å². The number of nitrogens with one attached hydrogen (secondary N) is 1. The Hall–Kier alpha value is -1.65. The van der Waals surface area contributed by atoms with Crippen molar-refractivity contribution >= 4 is 11.6 Å². The minimum Gasteiger partial charge on any atom is -0.476 e. The molecule has 0 saturated carbocycles. The first-order chi connectivity index (χ1) is 9.34. The molecule has 2 aromatic rings. The molecule has 1 heterocycles. The summed E-state index contributed by atoms with van der Waals surface area (Å²) in [4.78, 5) is 7.90. The van der Waals surface area contributed by atoms with Gasteiger partial charge in [0.05, 0.1) is 19.0 Å². The third kappa shape index (κ3) is 5.24. The standard InChI is InChI=1S/C14H16ClN3O/c15-13-10-17-11-14(18-13)19-8-4-7-16-9-12-5-2-1-3-6-12/h1-3,5-6,10-11,16H,4,7-9H2. The Balaban J connectivity index is 1.58. The summed E-state index contributed by atoms with van der Waals surface area (Å²) in [5.41, 5.74) is 1.28. The molecular weight excluding hydrogens is 262 g/mol. The van der Waals surface area contributed by atoms with Crippen LogP contribution in [0.5, 0.6) is 5.88 Å². The lowest BCUT2D eigenvalue weighted by atomic mass is 10.2. The summed E-state index contributed by atoms with van der Waals surface area (Å²) in [5.74, 6) is 0.468. The van der Waals surface area contributed by atoms with Gasteiger partial charge in [-0.2, -0.15) is 4.98 Å². The SMILES string of the molecule is Clc1cncc(OCCCNCc2ccccc2)n1. The first kappa shape index (κ1) is 13.8. The summed E-state index contributed by atoms with van der Waals surface area (Å²) in [6.07, 6.45) is 3.94. The highest BCUT2D eigenvalue weighted by Crippen LogP contribution is 2.08. The molecule has 1 aromatic carbocycles. The van der Waals surface area contributed by atoms with Crippen LogP contribution in [0.25, 0.3) is 0 Å². The van der Waals surface area contributed by atoms with Crippen molar-refractivity contribution in [3.63, 3.8) is 0 Å². The van der Waals surface area contributed by atoms with Crippen molar-refractivity contribution in [1.29, 1.82) is 0 Å². The first-order valence-corrected chi connectivity index (χ1v) is 6.57. The van der Waals surface area contributed by atoms with Crippen molar-refractivity contribution in [1.82, 2.24) is 15.3 Å². The lowest BCUT2D eigenvalue weighted by Gasteiger charge is -2.06. The van der Waals surface area contributed by atoms with Crippen molar-refractivity contribution in [2.45, 2.75) is 13.0 Å². The van der Waals surface area contributed by atoms with Gasteiger partial charge in [0.2, 0.25) is 5.88 Å². The van der Waals surface area contributed by atoms with Crippen LogP contribution in [-0.4, -0.2) is 23.1 Å². The van der Waals surface area contributed by atoms with E-state index in [1.54, 1.807) is 6.20 Å². The number of hydrogen-bond donors (Lipinski definition) is 1. The molecule has 4 nitrogen and oxygen atoms in total. The van der Waals surface area contributed by atoms with Gasteiger partial charge in [-0.25, -0.2) is 0 Å². The number of nitrogens with zero attached hydrogens (tertiary/aromatic N) is 2. The maximum Gasteiger partial charge on any atom is 0.233 e. The fraction of sp³-hybridized carbons (Fsp3) is 0.286. The average molecular weight is 278 g/mol. The van der Waals surface area contributed by atoms with Crippen LogP contribution in [0.3, 0.4) is 0 Å². The Labute approximate surface area is 117 Å². The summed E-state index contributed by atoms with van der Waals surface area (Å²) in [6.45, 7) is 2.36. The van der Waals surface area contributed by atoms with Crippen LogP contribution in [0, 0.1) is 0 Å². The van der Waals surface area contributed by atoms with E-state index in [0.29, 0.717) is 17.6 Å². The van der Waals surface area contributed by atoms with Crippen LogP contribution in [0.15, 0.2) is 42.7 Å². The van der Waals surface area contributed by atoms with Gasteiger partial charge < -0.3 is 10.1 Å². The number of rotatable bonds is 7. The molecular formula is C14H16ClN3O. The van der Waals surface area contributed by atoms with Gasteiger partial charge in [0.25, 0.3) is 0 Å². The van der Waals surface area contributed by atoms with Crippen molar-refractivity contribution in [2.75, 3.05) is 13.2 Å². The molecule has 1 N–H and O–H groups in total. The maximum atomic E-state index is 5.71. The quantitative estimate of drug-likeness (QED) is 0.791. The molecule has 5 heteroatoms. The van der Waals surface area contributed by atoms with Gasteiger partial charge in [-0.3, -0.25) is 4.98 Å². The molecule has 0 unspecified atom stereocenters. The molecule has 0 atom stereocenters. The zero-order chi connectivity index (χ0) is 13.3. The first-order valence-electron chi connectivity index (χ1n) is 6.19. The Bertz CT molecular complexity index is 493. The number of aromatic nitrogens is 2. The monoisotopic (exact) mass is 277 g/mol. The number of hydrogen-bond acceptors (Lipinski definition) is 4. The predicted octanol–water partition coefficient (Wildman–Crippen LogP) is 2.69. The molecule has 0 aliphatic rings. The fourth-order valence-corrected chi connectivity index (χ4v) is 1.74. The number of ether oxygens (including phenoxy) is 1. The normalized spacial score (nSPS) is 10.4. The fourth-order valence-electron chi connectivity index (χ4n) is 1.60. The third-order valence-corrected chi connectivity index (χ3v) is 2.68. The number of benzene rings is 1. The van der Waals surface area contributed by atoms with Crippen molar-refractivity contribution in [2.24, 2.45) is 0 Å². The van der Waals surface area contributed by atoms with Crippen LogP contribution >= 0.6 is 11.6 Å². The second-order valence-electron chi connectivity index (χ2n) is 4.04. The Morgan fingerprint density at radius 1 is 1.16 bits per heavy atom. The Morgan fingerprint density at radius 2 is 2.00 bits per heavy atom. The van der Waals surface area contributed by atoms with E-state index < -0.39 is 0 Å². The zero-order valence-electron chi connectivity index (χ0n) is 10.6. The highest BCUT2D eigenvalue weighted by atomic mass is 35.5. The van der Waals surface area contributed by atoms with Crippen LogP contribution in [-0.2, 0) is 6.54 Å². The van der Waals surface area contributed by atoms with E-state index in [9.17, 15) is 0 Å². The predicted molar refractivity (Wildman–Crippen MR) is 75.3 cm³/mol. The lowest BCUT2D eigenvalue weighted by Crippen LogP contribution is -2.17. The van der Waals surface area contributed by atoms with Gasteiger partial charge in [-0.05, 0) is 18.5 Å². The minimum atomic E-state index is 0.347. The summed E-state index contributed by atoms with van der Waals surface area (Å²) in [5, 5.41) is 3.70. The minimum absolute atomic E-state index is 0.347. The summed E-state index contributed by atoms with van der Waals surface area (Å²) >= 11 is 5.71. The summed E-state index contributed by atoms with van der Waals surface area (Å²) in [6, 6.07) is 10.3. The number of halogens is 1. The lowest BCUT2D eigenvalue weighted by molar-refractivity contribution is 0.295. The van der Waals surface area contributed by atoms with Crippen molar-refractivity contribution in [3.05, 3.63) is 53.4 Å². The average Bonchev–Trinajstić information content (AvgIpc) is 2.44. The highest BCUT2D eigenvalue weighted by molar-refractivity contribution is 6.29. The molecule has 0 aliphatic heterocycles. The van der Waals surface area contributed by atoms with E-state index in [4.69, 9.17) is 16.3 Å². The van der Waals surface area contributed by atoms with Crippen LogP contribution in [0.2, 0.25) is 5.15 Å². The molecule has 0 amide bonds. The molecule has 0 aliphatic carbocycles. The van der Waals surface area contributed by atoms with Crippen LogP contribution < -0.4 is 10.1 Å². The molecule has 0 radical (unpaired) electrons. The molecule has 1 aromatic heterocycles. The molecule has 100 valence electrons. The van der Waals surface area contributed by atoms with Gasteiger partial charge >= 0.3 is 0 Å². The van der Waals surface area contributed by atoms with E-state index in [1.165, 1.54) is 11.8 Å². The van der Waals surface area contributed by atoms with Gasteiger partial charge in [-0.15, -0.1) is 0 Å². The smallest absolute Gasteiger partial charge is 0.233 e. The third-order valence-electron chi connectivity index (χ3n) is 2.50. The van der Waals surface area contributed by atoms with Crippen LogP contribution in [0.1, 0.15) is 12.0 Å². The molecule has 0 saturated heterocycles.